The minimum Gasteiger partial charge on any atom is -0.781 e. The Morgan fingerprint density at radius 2 is 2.00 bits per heavy atom. The van der Waals surface area contributed by atoms with Gasteiger partial charge in [-0.3, -0.25) is 0 Å². The molecular formula is C8H11NaS. The largest absolute Gasteiger partial charge is 1.00 e. The third-order valence-corrected chi connectivity index (χ3v) is 2.35. The monoisotopic (exact) mass is 162 g/mol. The second-order valence-electron chi connectivity index (χ2n) is 2.72. The van der Waals surface area contributed by atoms with Gasteiger partial charge in [-0.05, 0) is 5.92 Å². The predicted octanol–water partition coefficient (Wildman–Crippen LogP) is -0.942. The second kappa shape index (κ2) is 4.01. The van der Waals surface area contributed by atoms with E-state index in [2.05, 4.69) is 32.1 Å². The van der Waals surface area contributed by atoms with Crippen LogP contribution in [-0.4, -0.2) is 4.75 Å². The van der Waals surface area contributed by atoms with Gasteiger partial charge in [-0.15, -0.1) is 10.8 Å². The van der Waals surface area contributed by atoms with Crippen molar-refractivity contribution in [3.05, 3.63) is 24.3 Å². The van der Waals surface area contributed by atoms with Gasteiger partial charge in [-0.25, -0.2) is 0 Å². The molecule has 50 valence electrons. The van der Waals surface area contributed by atoms with Gasteiger partial charge >= 0.3 is 29.6 Å². The molecule has 0 saturated heterocycles. The third kappa shape index (κ3) is 2.46. The Morgan fingerprint density at radius 3 is 2.30 bits per heavy atom. The topological polar surface area (TPSA) is 0 Å². The average Bonchev–Trinajstić information content (AvgIpc) is 1.77. The van der Waals surface area contributed by atoms with Gasteiger partial charge in [-0.2, -0.15) is 0 Å². The molecule has 0 aromatic heterocycles. The van der Waals surface area contributed by atoms with Crippen LogP contribution in [0.3, 0.4) is 0 Å². The van der Waals surface area contributed by atoms with Crippen molar-refractivity contribution >= 4 is 12.6 Å². The quantitative estimate of drug-likeness (QED) is 0.327. The van der Waals surface area contributed by atoms with Crippen molar-refractivity contribution in [2.75, 3.05) is 0 Å². The first-order chi connectivity index (χ1) is 4.13. The minimum atomic E-state index is -0.0469. The summed E-state index contributed by atoms with van der Waals surface area (Å²) in [5, 5.41) is 0. The molecule has 0 saturated carbocycles. The first kappa shape index (κ1) is 10.8. The Labute approximate surface area is 90.5 Å². The van der Waals surface area contributed by atoms with E-state index in [4.69, 9.17) is 12.6 Å². The smallest absolute Gasteiger partial charge is 0.781 e. The SMILES string of the molecule is CC1C=CC=CC1(C)[S-].[Na+]. The van der Waals surface area contributed by atoms with E-state index in [9.17, 15) is 0 Å². The van der Waals surface area contributed by atoms with Crippen LogP contribution in [0.4, 0.5) is 0 Å². The van der Waals surface area contributed by atoms with E-state index in [0.717, 1.165) is 0 Å². The molecule has 0 N–H and O–H groups in total. The molecule has 0 nitrogen and oxygen atoms in total. The molecule has 2 unspecified atom stereocenters. The zero-order valence-electron chi connectivity index (χ0n) is 6.79. The van der Waals surface area contributed by atoms with Gasteiger partial charge in [0.25, 0.3) is 0 Å². The molecule has 0 amide bonds. The average molecular weight is 162 g/mol. The molecule has 2 heteroatoms. The standard InChI is InChI=1S/C8H12S.Na/c1-7-5-3-4-6-8(7,2)9;/h3-7,9H,1-2H3;/q;+1/p-1. The first-order valence-corrected chi connectivity index (χ1v) is 3.60. The van der Waals surface area contributed by atoms with Crippen molar-refractivity contribution in [2.45, 2.75) is 18.6 Å². The molecule has 1 rings (SSSR count). The summed E-state index contributed by atoms with van der Waals surface area (Å²) in [5.74, 6) is 0.498. The van der Waals surface area contributed by atoms with Gasteiger partial charge in [0.2, 0.25) is 0 Å². The van der Waals surface area contributed by atoms with Crippen LogP contribution < -0.4 is 29.6 Å². The van der Waals surface area contributed by atoms with Gasteiger partial charge in [-0.1, -0.05) is 32.1 Å². The van der Waals surface area contributed by atoms with Crippen LogP contribution in [0, 0.1) is 5.92 Å². The fourth-order valence-corrected chi connectivity index (χ4v) is 0.977. The Kier molecular flexibility index (Phi) is 4.34. The maximum Gasteiger partial charge on any atom is 1.00 e. The fourth-order valence-electron chi connectivity index (χ4n) is 0.820. The molecule has 1 aliphatic carbocycles. The Morgan fingerprint density at radius 1 is 1.40 bits per heavy atom. The number of allylic oxidation sites excluding steroid dienone is 3. The van der Waals surface area contributed by atoms with Gasteiger partial charge in [0.05, 0.1) is 0 Å². The molecule has 10 heavy (non-hydrogen) atoms. The molecule has 0 heterocycles. The maximum absolute atomic E-state index is 5.28. The molecule has 0 spiro atoms. The summed E-state index contributed by atoms with van der Waals surface area (Å²) in [6.07, 6.45) is 8.30. The summed E-state index contributed by atoms with van der Waals surface area (Å²) in [6, 6.07) is 0. The normalized spacial score (nSPS) is 37.3. The minimum absolute atomic E-state index is 0. The Hall–Kier alpha value is 0.830. The molecular weight excluding hydrogens is 151 g/mol. The van der Waals surface area contributed by atoms with Crippen LogP contribution in [0.2, 0.25) is 0 Å². The molecule has 0 aliphatic heterocycles. The zero-order chi connectivity index (χ0) is 6.91. The van der Waals surface area contributed by atoms with E-state index in [1.54, 1.807) is 0 Å². The molecule has 2 atom stereocenters. The fraction of sp³-hybridized carbons (Fsp3) is 0.500. The van der Waals surface area contributed by atoms with Crippen LogP contribution >= 0.6 is 0 Å². The van der Waals surface area contributed by atoms with E-state index >= 15 is 0 Å². The molecule has 0 radical (unpaired) electrons. The van der Waals surface area contributed by atoms with Crippen molar-refractivity contribution in [1.29, 1.82) is 0 Å². The van der Waals surface area contributed by atoms with Crippen molar-refractivity contribution in [1.82, 2.24) is 0 Å². The van der Waals surface area contributed by atoms with E-state index in [-0.39, 0.29) is 34.3 Å². The molecule has 1 aliphatic rings. The summed E-state index contributed by atoms with van der Waals surface area (Å²) in [6.45, 7) is 4.22. The summed E-state index contributed by atoms with van der Waals surface area (Å²) >= 11 is 5.28. The van der Waals surface area contributed by atoms with E-state index < -0.39 is 0 Å². The summed E-state index contributed by atoms with van der Waals surface area (Å²) < 4.78 is -0.0469. The first-order valence-electron chi connectivity index (χ1n) is 3.19. The zero-order valence-corrected chi connectivity index (χ0v) is 9.61. The molecule has 0 bridgehead atoms. The van der Waals surface area contributed by atoms with Crippen LogP contribution in [0.5, 0.6) is 0 Å². The van der Waals surface area contributed by atoms with Gasteiger partial charge in [0, 0.05) is 0 Å². The molecule has 0 aromatic rings. The van der Waals surface area contributed by atoms with Crippen LogP contribution in [-0.2, 0) is 12.6 Å². The maximum atomic E-state index is 5.28. The Balaban J connectivity index is 0.000000810. The number of hydrogen-bond acceptors (Lipinski definition) is 1. The summed E-state index contributed by atoms with van der Waals surface area (Å²) in [7, 11) is 0. The van der Waals surface area contributed by atoms with Crippen LogP contribution in [0.1, 0.15) is 13.8 Å². The van der Waals surface area contributed by atoms with Crippen LogP contribution in [0.25, 0.3) is 0 Å². The van der Waals surface area contributed by atoms with E-state index in [1.807, 2.05) is 6.08 Å². The molecule has 0 fully saturated rings. The number of hydrogen-bond donors (Lipinski definition) is 0. The Bertz CT molecular complexity index is 159. The summed E-state index contributed by atoms with van der Waals surface area (Å²) in [5.41, 5.74) is 0. The van der Waals surface area contributed by atoms with Crippen molar-refractivity contribution < 1.29 is 29.6 Å². The molecule has 0 aromatic carbocycles. The second-order valence-corrected chi connectivity index (χ2v) is 3.60. The van der Waals surface area contributed by atoms with Gasteiger partial charge < -0.3 is 12.6 Å². The van der Waals surface area contributed by atoms with Gasteiger partial charge in [0.1, 0.15) is 0 Å². The van der Waals surface area contributed by atoms with Crippen molar-refractivity contribution in [3.63, 3.8) is 0 Å². The third-order valence-electron chi connectivity index (χ3n) is 1.84. The number of rotatable bonds is 0. The van der Waals surface area contributed by atoms with Crippen LogP contribution in [0.15, 0.2) is 24.3 Å². The van der Waals surface area contributed by atoms with Gasteiger partial charge in [0.15, 0.2) is 0 Å². The predicted molar refractivity (Wildman–Crippen MR) is 43.2 cm³/mol. The van der Waals surface area contributed by atoms with E-state index in [0.29, 0.717) is 5.92 Å². The van der Waals surface area contributed by atoms with Crippen molar-refractivity contribution in [3.8, 4) is 0 Å². The van der Waals surface area contributed by atoms with Crippen molar-refractivity contribution in [2.24, 2.45) is 5.92 Å². The van der Waals surface area contributed by atoms with E-state index in [1.165, 1.54) is 0 Å². The summed E-state index contributed by atoms with van der Waals surface area (Å²) in [4.78, 5) is 0.